The molecule has 0 saturated heterocycles. The zero-order valence-corrected chi connectivity index (χ0v) is 12.3. The zero-order chi connectivity index (χ0) is 15.5. The summed E-state index contributed by atoms with van der Waals surface area (Å²) in [5.41, 5.74) is 2.48. The van der Waals surface area contributed by atoms with Crippen LogP contribution in [0.1, 0.15) is 5.56 Å². The Labute approximate surface area is 127 Å². The van der Waals surface area contributed by atoms with Crippen molar-refractivity contribution in [2.75, 3.05) is 11.9 Å². The van der Waals surface area contributed by atoms with Crippen LogP contribution in [-0.2, 0) is 6.54 Å². The number of hydrogen-bond acceptors (Lipinski definition) is 4. The number of fused-ring (bicyclic) bond motifs is 1. The van der Waals surface area contributed by atoms with Crippen LogP contribution >= 0.6 is 0 Å². The fourth-order valence-corrected chi connectivity index (χ4v) is 2.34. The van der Waals surface area contributed by atoms with Crippen molar-refractivity contribution in [3.63, 3.8) is 0 Å². The van der Waals surface area contributed by atoms with Gasteiger partial charge < -0.3 is 10.4 Å². The first-order chi connectivity index (χ1) is 10.7. The van der Waals surface area contributed by atoms with Crippen molar-refractivity contribution in [2.45, 2.75) is 13.5 Å². The average Bonchev–Trinajstić information content (AvgIpc) is 2.53. The molecule has 112 valence electrons. The first-order valence-corrected chi connectivity index (χ1v) is 7.13. The predicted octanol–water partition coefficient (Wildman–Crippen LogP) is 2.44. The second-order valence-electron chi connectivity index (χ2n) is 5.12. The quantitative estimate of drug-likeness (QED) is 0.776. The number of nitrogens with one attached hydrogen (secondary N) is 1. The monoisotopic (exact) mass is 295 g/mol. The largest absolute Gasteiger partial charge is 0.395 e. The van der Waals surface area contributed by atoms with Gasteiger partial charge in [0, 0.05) is 5.69 Å². The number of benzene rings is 2. The minimum absolute atomic E-state index is 0.123. The molecule has 0 unspecified atom stereocenters. The van der Waals surface area contributed by atoms with Crippen LogP contribution in [0.25, 0.3) is 10.9 Å². The van der Waals surface area contributed by atoms with Crippen LogP contribution in [0, 0.1) is 6.92 Å². The van der Waals surface area contributed by atoms with Gasteiger partial charge in [0.15, 0.2) is 0 Å². The van der Waals surface area contributed by atoms with E-state index in [1.54, 1.807) is 12.1 Å². The van der Waals surface area contributed by atoms with Gasteiger partial charge in [-0.2, -0.15) is 0 Å². The molecule has 0 spiro atoms. The molecular formula is C17H17N3O2. The van der Waals surface area contributed by atoms with Crippen molar-refractivity contribution < 1.29 is 5.11 Å². The highest BCUT2D eigenvalue weighted by Gasteiger charge is 2.10. The van der Waals surface area contributed by atoms with Gasteiger partial charge in [0.05, 0.1) is 24.1 Å². The molecule has 2 aromatic carbocycles. The molecule has 0 bridgehead atoms. The third-order valence-electron chi connectivity index (χ3n) is 3.49. The standard InChI is InChI=1S/C17H17N3O2/c1-12-6-8-13(9-7-12)18-17-19-15-5-3-2-4-14(15)16(22)20(17)10-11-21/h2-9,21H,10-11H2,1H3,(H,18,19). The fourth-order valence-electron chi connectivity index (χ4n) is 2.34. The van der Waals surface area contributed by atoms with Crippen molar-refractivity contribution in [1.29, 1.82) is 0 Å². The van der Waals surface area contributed by atoms with Gasteiger partial charge in [-0.1, -0.05) is 29.8 Å². The van der Waals surface area contributed by atoms with E-state index < -0.39 is 0 Å². The highest BCUT2D eigenvalue weighted by Crippen LogP contribution is 2.17. The van der Waals surface area contributed by atoms with Gasteiger partial charge in [0.25, 0.3) is 5.56 Å². The summed E-state index contributed by atoms with van der Waals surface area (Å²) in [6, 6.07) is 15.0. The Morgan fingerprint density at radius 2 is 1.86 bits per heavy atom. The summed E-state index contributed by atoms with van der Waals surface area (Å²) in [6.07, 6.45) is 0. The lowest BCUT2D eigenvalue weighted by atomic mass is 10.2. The van der Waals surface area contributed by atoms with Gasteiger partial charge in [0.2, 0.25) is 5.95 Å². The van der Waals surface area contributed by atoms with E-state index in [9.17, 15) is 9.90 Å². The summed E-state index contributed by atoms with van der Waals surface area (Å²) in [6.45, 7) is 2.09. The molecule has 0 amide bonds. The van der Waals surface area contributed by atoms with Gasteiger partial charge in [-0.25, -0.2) is 4.98 Å². The van der Waals surface area contributed by atoms with Gasteiger partial charge in [-0.3, -0.25) is 9.36 Å². The lowest BCUT2D eigenvalue weighted by Gasteiger charge is -2.14. The maximum absolute atomic E-state index is 12.6. The lowest BCUT2D eigenvalue weighted by Crippen LogP contribution is -2.25. The first-order valence-electron chi connectivity index (χ1n) is 7.13. The first kappa shape index (κ1) is 14.3. The Kier molecular flexibility index (Phi) is 3.89. The van der Waals surface area contributed by atoms with Crippen molar-refractivity contribution in [3.05, 3.63) is 64.4 Å². The second kappa shape index (κ2) is 5.99. The number of aliphatic hydroxyl groups excluding tert-OH is 1. The number of anilines is 2. The molecule has 3 aromatic rings. The van der Waals surface area contributed by atoms with E-state index >= 15 is 0 Å². The number of rotatable bonds is 4. The average molecular weight is 295 g/mol. The molecule has 22 heavy (non-hydrogen) atoms. The van der Waals surface area contributed by atoms with Crippen molar-refractivity contribution in [2.24, 2.45) is 0 Å². The number of aliphatic hydroxyl groups is 1. The van der Waals surface area contributed by atoms with E-state index in [0.717, 1.165) is 11.3 Å². The third-order valence-corrected chi connectivity index (χ3v) is 3.49. The minimum Gasteiger partial charge on any atom is -0.395 e. The summed E-state index contributed by atoms with van der Waals surface area (Å²) in [4.78, 5) is 17.1. The Morgan fingerprint density at radius 1 is 1.14 bits per heavy atom. The van der Waals surface area contributed by atoms with Gasteiger partial charge in [-0.15, -0.1) is 0 Å². The molecule has 0 aliphatic carbocycles. The molecule has 5 nitrogen and oxygen atoms in total. The Bertz CT molecular complexity index is 854. The molecule has 0 fully saturated rings. The fraction of sp³-hybridized carbons (Fsp3) is 0.176. The van der Waals surface area contributed by atoms with Gasteiger partial charge in [0.1, 0.15) is 0 Å². The Balaban J connectivity index is 2.12. The van der Waals surface area contributed by atoms with E-state index in [-0.39, 0.29) is 18.7 Å². The second-order valence-corrected chi connectivity index (χ2v) is 5.12. The van der Waals surface area contributed by atoms with Crippen LogP contribution in [-0.4, -0.2) is 21.3 Å². The number of aryl methyl sites for hydroxylation is 1. The Hall–Kier alpha value is -2.66. The van der Waals surface area contributed by atoms with Gasteiger partial charge >= 0.3 is 0 Å². The van der Waals surface area contributed by atoms with Crippen LogP contribution in [0.3, 0.4) is 0 Å². The van der Waals surface area contributed by atoms with E-state index in [1.807, 2.05) is 43.3 Å². The summed E-state index contributed by atoms with van der Waals surface area (Å²) in [5.74, 6) is 0.432. The molecule has 1 aromatic heterocycles. The molecule has 0 saturated carbocycles. The third kappa shape index (κ3) is 2.71. The zero-order valence-electron chi connectivity index (χ0n) is 12.3. The van der Waals surface area contributed by atoms with Crippen LogP contribution in [0.15, 0.2) is 53.3 Å². The van der Waals surface area contributed by atoms with Crippen LogP contribution < -0.4 is 10.9 Å². The maximum Gasteiger partial charge on any atom is 0.262 e. The highest BCUT2D eigenvalue weighted by molar-refractivity contribution is 5.79. The van der Waals surface area contributed by atoms with E-state index in [1.165, 1.54) is 4.57 Å². The molecule has 0 radical (unpaired) electrons. The molecule has 0 atom stereocenters. The van der Waals surface area contributed by atoms with Crippen molar-refractivity contribution in [3.8, 4) is 0 Å². The molecule has 2 N–H and O–H groups in total. The summed E-state index contributed by atoms with van der Waals surface area (Å²) >= 11 is 0. The molecule has 5 heteroatoms. The Morgan fingerprint density at radius 3 is 2.59 bits per heavy atom. The summed E-state index contributed by atoms with van der Waals surface area (Å²) in [5, 5.41) is 12.9. The predicted molar refractivity (Wildman–Crippen MR) is 87.6 cm³/mol. The molecule has 3 rings (SSSR count). The highest BCUT2D eigenvalue weighted by atomic mass is 16.3. The van der Waals surface area contributed by atoms with E-state index in [0.29, 0.717) is 16.9 Å². The number of aromatic nitrogens is 2. The molecule has 0 aliphatic rings. The number of para-hydroxylation sites is 1. The van der Waals surface area contributed by atoms with E-state index in [4.69, 9.17) is 0 Å². The SMILES string of the molecule is Cc1ccc(Nc2nc3ccccc3c(=O)n2CCO)cc1. The smallest absolute Gasteiger partial charge is 0.262 e. The lowest BCUT2D eigenvalue weighted by molar-refractivity contribution is 0.275. The molecular weight excluding hydrogens is 278 g/mol. The minimum atomic E-state index is -0.158. The van der Waals surface area contributed by atoms with Crippen LogP contribution in [0.4, 0.5) is 11.6 Å². The normalized spacial score (nSPS) is 10.8. The number of nitrogens with zero attached hydrogens (tertiary/aromatic N) is 2. The summed E-state index contributed by atoms with van der Waals surface area (Å²) in [7, 11) is 0. The van der Waals surface area contributed by atoms with Crippen molar-refractivity contribution in [1.82, 2.24) is 9.55 Å². The topological polar surface area (TPSA) is 67.2 Å². The molecule has 0 aliphatic heterocycles. The van der Waals surface area contributed by atoms with Crippen LogP contribution in [0.2, 0.25) is 0 Å². The van der Waals surface area contributed by atoms with Crippen LogP contribution in [0.5, 0.6) is 0 Å². The molecule has 1 heterocycles. The maximum atomic E-state index is 12.6. The number of hydrogen-bond donors (Lipinski definition) is 2. The van der Waals surface area contributed by atoms with E-state index in [2.05, 4.69) is 10.3 Å². The van der Waals surface area contributed by atoms with Gasteiger partial charge in [-0.05, 0) is 31.2 Å². The van der Waals surface area contributed by atoms with Crippen molar-refractivity contribution >= 4 is 22.5 Å². The summed E-state index contributed by atoms with van der Waals surface area (Å²) < 4.78 is 1.46.